The molecule has 0 unspecified atom stereocenters. The largest absolute Gasteiger partial charge is 0.353 e. The Bertz CT molecular complexity index is 912. The molecule has 1 saturated heterocycles. The second kappa shape index (κ2) is 9.61. The summed E-state index contributed by atoms with van der Waals surface area (Å²) in [5.41, 5.74) is 4.59. The number of likely N-dealkylation sites (tertiary alicyclic amines) is 1. The van der Waals surface area contributed by atoms with Crippen LogP contribution in [0.25, 0.3) is 11.3 Å². The van der Waals surface area contributed by atoms with Crippen LogP contribution in [0.4, 0.5) is 5.95 Å². The van der Waals surface area contributed by atoms with Gasteiger partial charge in [0.25, 0.3) is 0 Å². The number of benzene rings is 2. The van der Waals surface area contributed by atoms with Crippen LogP contribution < -0.4 is 5.32 Å². The second-order valence-electron chi connectivity index (χ2n) is 7.91. The number of nitrogens with one attached hydrogen (secondary N) is 1. The Labute approximate surface area is 173 Å². The Morgan fingerprint density at radius 2 is 1.90 bits per heavy atom. The first kappa shape index (κ1) is 19.5. The van der Waals surface area contributed by atoms with E-state index in [2.05, 4.69) is 74.8 Å². The molecule has 0 bridgehead atoms. The summed E-state index contributed by atoms with van der Waals surface area (Å²) in [5.74, 6) is 1.23. The zero-order chi connectivity index (χ0) is 19.9. The first-order chi connectivity index (χ1) is 14.3. The van der Waals surface area contributed by atoms with Crippen LogP contribution in [0.5, 0.6) is 0 Å². The minimum atomic E-state index is 0.616. The summed E-state index contributed by atoms with van der Waals surface area (Å²) in [4.78, 5) is 7.27. The van der Waals surface area contributed by atoms with Crippen LogP contribution in [0.15, 0.2) is 60.8 Å². The SMILES string of the molecule is Cc1ccccc1-c1cnnc(NC[C@@H]2CCCN(CCc3ccccc3)C2)n1. The van der Waals surface area contributed by atoms with E-state index in [4.69, 9.17) is 0 Å². The van der Waals surface area contributed by atoms with Crippen LogP contribution in [0.1, 0.15) is 24.0 Å². The van der Waals surface area contributed by atoms with Crippen LogP contribution in [0.3, 0.4) is 0 Å². The van der Waals surface area contributed by atoms with Gasteiger partial charge < -0.3 is 10.2 Å². The Balaban J connectivity index is 1.31. The standard InChI is InChI=1S/C24H29N5/c1-19-8-5-6-12-22(19)23-17-26-28-24(27-23)25-16-21-11-7-14-29(18-21)15-13-20-9-3-2-4-10-20/h2-6,8-10,12,17,21H,7,11,13-16,18H2,1H3,(H,25,27,28)/t21-/m0/s1. The monoisotopic (exact) mass is 387 g/mol. The molecule has 0 spiro atoms. The predicted molar refractivity (Wildman–Crippen MR) is 118 cm³/mol. The molecule has 1 fully saturated rings. The summed E-state index contributed by atoms with van der Waals surface area (Å²) >= 11 is 0. The molecule has 1 atom stereocenters. The van der Waals surface area contributed by atoms with Gasteiger partial charge in [-0.25, -0.2) is 4.98 Å². The molecule has 4 rings (SSSR count). The molecule has 0 radical (unpaired) electrons. The molecule has 0 aliphatic carbocycles. The highest BCUT2D eigenvalue weighted by atomic mass is 15.2. The molecule has 1 N–H and O–H groups in total. The average Bonchev–Trinajstić information content (AvgIpc) is 2.78. The number of aryl methyl sites for hydroxylation is 1. The number of hydrogen-bond acceptors (Lipinski definition) is 5. The van der Waals surface area contributed by atoms with Gasteiger partial charge in [0.15, 0.2) is 0 Å². The Morgan fingerprint density at radius 1 is 1.07 bits per heavy atom. The molecule has 3 aromatic rings. The third kappa shape index (κ3) is 5.39. The summed E-state index contributed by atoms with van der Waals surface area (Å²) in [6, 6.07) is 19.0. The van der Waals surface area contributed by atoms with E-state index in [-0.39, 0.29) is 0 Å². The molecule has 1 aliphatic rings. The minimum absolute atomic E-state index is 0.616. The van der Waals surface area contributed by atoms with Gasteiger partial charge in [-0.2, -0.15) is 5.10 Å². The Hall–Kier alpha value is -2.79. The highest BCUT2D eigenvalue weighted by Gasteiger charge is 2.20. The maximum Gasteiger partial charge on any atom is 0.243 e. The van der Waals surface area contributed by atoms with Gasteiger partial charge in [0, 0.05) is 25.2 Å². The van der Waals surface area contributed by atoms with Crippen LogP contribution in [0.2, 0.25) is 0 Å². The smallest absolute Gasteiger partial charge is 0.243 e. The van der Waals surface area contributed by atoms with E-state index in [1.807, 2.05) is 12.1 Å². The maximum atomic E-state index is 4.68. The molecule has 150 valence electrons. The molecule has 1 aliphatic heterocycles. The zero-order valence-electron chi connectivity index (χ0n) is 17.1. The number of rotatable bonds is 7. The van der Waals surface area contributed by atoms with Crippen molar-refractivity contribution in [3.05, 3.63) is 71.9 Å². The van der Waals surface area contributed by atoms with Crippen molar-refractivity contribution in [2.75, 3.05) is 31.5 Å². The minimum Gasteiger partial charge on any atom is -0.353 e. The number of aromatic nitrogens is 3. The van der Waals surface area contributed by atoms with Crippen molar-refractivity contribution in [3.63, 3.8) is 0 Å². The lowest BCUT2D eigenvalue weighted by Crippen LogP contribution is -2.39. The molecular formula is C24H29N5. The Morgan fingerprint density at radius 3 is 2.76 bits per heavy atom. The number of nitrogens with zero attached hydrogens (tertiary/aromatic N) is 4. The van der Waals surface area contributed by atoms with E-state index in [9.17, 15) is 0 Å². The van der Waals surface area contributed by atoms with Crippen molar-refractivity contribution in [2.45, 2.75) is 26.2 Å². The molecule has 1 aromatic heterocycles. The lowest BCUT2D eigenvalue weighted by atomic mass is 9.97. The van der Waals surface area contributed by atoms with Crippen molar-refractivity contribution < 1.29 is 0 Å². The molecule has 0 saturated carbocycles. The molecule has 5 heteroatoms. The summed E-state index contributed by atoms with van der Waals surface area (Å²) in [6.45, 7) is 6.44. The van der Waals surface area contributed by atoms with Crippen molar-refractivity contribution in [3.8, 4) is 11.3 Å². The van der Waals surface area contributed by atoms with Crippen molar-refractivity contribution in [2.24, 2.45) is 5.92 Å². The quantitative estimate of drug-likeness (QED) is 0.658. The average molecular weight is 388 g/mol. The topological polar surface area (TPSA) is 53.9 Å². The van der Waals surface area contributed by atoms with Crippen LogP contribution in [-0.2, 0) is 6.42 Å². The molecule has 5 nitrogen and oxygen atoms in total. The van der Waals surface area contributed by atoms with Gasteiger partial charge in [-0.15, -0.1) is 5.10 Å². The van der Waals surface area contributed by atoms with Gasteiger partial charge in [0.2, 0.25) is 5.95 Å². The summed E-state index contributed by atoms with van der Waals surface area (Å²) < 4.78 is 0. The van der Waals surface area contributed by atoms with E-state index < -0.39 is 0 Å². The zero-order valence-corrected chi connectivity index (χ0v) is 17.1. The van der Waals surface area contributed by atoms with Crippen molar-refractivity contribution in [1.29, 1.82) is 0 Å². The van der Waals surface area contributed by atoms with Gasteiger partial charge in [-0.3, -0.25) is 0 Å². The maximum absolute atomic E-state index is 4.68. The molecule has 2 heterocycles. The van der Waals surface area contributed by atoms with Crippen LogP contribution in [-0.4, -0.2) is 46.3 Å². The normalized spacial score (nSPS) is 17.2. The first-order valence-electron chi connectivity index (χ1n) is 10.5. The highest BCUT2D eigenvalue weighted by molar-refractivity contribution is 5.63. The van der Waals surface area contributed by atoms with Crippen molar-refractivity contribution >= 4 is 5.95 Å². The highest BCUT2D eigenvalue weighted by Crippen LogP contribution is 2.21. The van der Waals surface area contributed by atoms with Gasteiger partial charge >= 0.3 is 0 Å². The first-order valence-corrected chi connectivity index (χ1v) is 10.5. The summed E-state index contributed by atoms with van der Waals surface area (Å²) in [5, 5.41) is 11.8. The summed E-state index contributed by atoms with van der Waals surface area (Å²) in [6.07, 6.45) is 5.36. The fraction of sp³-hybridized carbons (Fsp3) is 0.375. The van der Waals surface area contributed by atoms with E-state index in [1.165, 1.54) is 30.5 Å². The van der Waals surface area contributed by atoms with Gasteiger partial charge in [0.1, 0.15) is 0 Å². The van der Waals surface area contributed by atoms with E-state index in [1.54, 1.807) is 6.20 Å². The molecule has 0 amide bonds. The number of anilines is 1. The predicted octanol–water partition coefficient (Wildman–Crippen LogP) is 4.21. The fourth-order valence-electron chi connectivity index (χ4n) is 4.06. The summed E-state index contributed by atoms with van der Waals surface area (Å²) in [7, 11) is 0. The lowest BCUT2D eigenvalue weighted by Gasteiger charge is -2.32. The molecule has 2 aromatic carbocycles. The second-order valence-corrected chi connectivity index (χ2v) is 7.91. The van der Waals surface area contributed by atoms with Gasteiger partial charge in [0.05, 0.1) is 11.9 Å². The third-order valence-electron chi connectivity index (χ3n) is 5.69. The van der Waals surface area contributed by atoms with Gasteiger partial charge in [-0.05, 0) is 49.8 Å². The van der Waals surface area contributed by atoms with E-state index in [0.29, 0.717) is 11.9 Å². The molecular weight excluding hydrogens is 358 g/mol. The fourth-order valence-corrected chi connectivity index (χ4v) is 4.06. The van der Waals surface area contributed by atoms with Crippen LogP contribution >= 0.6 is 0 Å². The van der Waals surface area contributed by atoms with Gasteiger partial charge in [-0.1, -0.05) is 54.6 Å². The van der Waals surface area contributed by atoms with Crippen LogP contribution in [0, 0.1) is 12.8 Å². The molecule has 29 heavy (non-hydrogen) atoms. The number of hydrogen-bond donors (Lipinski definition) is 1. The number of piperidine rings is 1. The van der Waals surface area contributed by atoms with E-state index >= 15 is 0 Å². The third-order valence-corrected chi connectivity index (χ3v) is 5.69. The van der Waals surface area contributed by atoms with E-state index in [0.717, 1.165) is 37.3 Å². The van der Waals surface area contributed by atoms with Crippen molar-refractivity contribution in [1.82, 2.24) is 20.1 Å². The Kier molecular flexibility index (Phi) is 6.47. The lowest BCUT2D eigenvalue weighted by molar-refractivity contribution is 0.182.